The van der Waals surface area contributed by atoms with Gasteiger partial charge in [0.15, 0.2) is 5.13 Å². The molecule has 36 heavy (non-hydrogen) atoms. The molecule has 0 amide bonds. The Kier molecular flexibility index (Phi) is 6.60. The van der Waals surface area contributed by atoms with E-state index < -0.39 is 5.97 Å². The van der Waals surface area contributed by atoms with E-state index in [9.17, 15) is 9.18 Å². The lowest BCUT2D eigenvalue weighted by atomic mass is 10.1. The molecule has 2 heterocycles. The summed E-state index contributed by atoms with van der Waals surface area (Å²) in [5, 5.41) is 5.51. The van der Waals surface area contributed by atoms with Gasteiger partial charge in [-0.05, 0) is 43.3 Å². The Bertz CT molecular complexity index is 1480. The van der Waals surface area contributed by atoms with Crippen molar-refractivity contribution in [3.05, 3.63) is 103 Å². The second-order valence-electron chi connectivity index (χ2n) is 7.97. The molecule has 0 aliphatic carbocycles. The Morgan fingerprint density at radius 3 is 2.31 bits per heavy atom. The molecule has 0 saturated heterocycles. The van der Waals surface area contributed by atoms with Gasteiger partial charge in [0.2, 0.25) is 0 Å². The predicted octanol–water partition coefficient (Wildman–Crippen LogP) is 6.75. The highest BCUT2D eigenvalue weighted by Gasteiger charge is 2.26. The Morgan fingerprint density at radius 1 is 0.972 bits per heavy atom. The molecule has 180 valence electrons. The van der Waals surface area contributed by atoms with Crippen LogP contribution in [0.4, 0.5) is 15.2 Å². The highest BCUT2D eigenvalue weighted by atomic mass is 32.1. The molecule has 0 aliphatic heterocycles. The van der Waals surface area contributed by atoms with Gasteiger partial charge in [-0.1, -0.05) is 59.9 Å². The van der Waals surface area contributed by atoms with Crippen molar-refractivity contribution in [1.82, 2.24) is 14.8 Å². The molecule has 5 aromatic rings. The highest BCUT2D eigenvalue weighted by Crippen LogP contribution is 2.42. The van der Waals surface area contributed by atoms with E-state index in [1.54, 1.807) is 29.9 Å². The quantitative estimate of drug-likeness (QED) is 0.232. The van der Waals surface area contributed by atoms with Crippen molar-refractivity contribution in [2.45, 2.75) is 6.92 Å². The number of nitrogens with zero attached hydrogens (tertiary/aromatic N) is 4. The van der Waals surface area contributed by atoms with Gasteiger partial charge in [-0.2, -0.15) is 5.10 Å². The normalized spacial score (nSPS) is 10.9. The van der Waals surface area contributed by atoms with Gasteiger partial charge in [0.25, 0.3) is 0 Å². The number of benzene rings is 3. The highest BCUT2D eigenvalue weighted by molar-refractivity contribution is 7.19. The SMILES string of the molecule is CCOC(=O)c1cn(-c2ccc(F)cc2)nc1-c1sc(N(C)c2ccccc2)nc1-c1ccccc1. The zero-order valence-electron chi connectivity index (χ0n) is 19.8. The maximum Gasteiger partial charge on any atom is 0.342 e. The number of esters is 1. The molecule has 8 heteroatoms. The van der Waals surface area contributed by atoms with E-state index in [-0.39, 0.29) is 12.4 Å². The number of carbonyl (C=O) groups excluding carboxylic acids is 1. The number of anilines is 2. The van der Waals surface area contributed by atoms with Gasteiger partial charge in [-0.15, -0.1) is 0 Å². The van der Waals surface area contributed by atoms with Crippen molar-refractivity contribution in [3.8, 4) is 27.5 Å². The summed E-state index contributed by atoms with van der Waals surface area (Å²) in [4.78, 5) is 20.7. The second-order valence-corrected chi connectivity index (χ2v) is 8.95. The molecule has 0 atom stereocenters. The molecule has 0 aliphatic rings. The molecule has 0 saturated carbocycles. The molecular weight excluding hydrogens is 475 g/mol. The van der Waals surface area contributed by atoms with Crippen molar-refractivity contribution in [2.75, 3.05) is 18.6 Å². The Hall–Kier alpha value is -4.30. The van der Waals surface area contributed by atoms with Gasteiger partial charge >= 0.3 is 5.97 Å². The van der Waals surface area contributed by atoms with Crippen LogP contribution in [0.25, 0.3) is 27.5 Å². The predicted molar refractivity (Wildman–Crippen MR) is 141 cm³/mol. The second kappa shape index (κ2) is 10.1. The monoisotopic (exact) mass is 498 g/mol. The maximum atomic E-state index is 13.5. The van der Waals surface area contributed by atoms with E-state index in [1.807, 2.05) is 72.6 Å². The molecule has 0 unspecified atom stereocenters. The molecule has 0 bridgehead atoms. The minimum absolute atomic E-state index is 0.232. The Balaban J connectivity index is 1.69. The van der Waals surface area contributed by atoms with Gasteiger partial charge in [0, 0.05) is 24.5 Å². The zero-order valence-corrected chi connectivity index (χ0v) is 20.6. The molecule has 6 nitrogen and oxygen atoms in total. The molecule has 0 fully saturated rings. The van der Waals surface area contributed by atoms with Crippen molar-refractivity contribution < 1.29 is 13.9 Å². The van der Waals surface area contributed by atoms with E-state index in [2.05, 4.69) is 0 Å². The fraction of sp³-hybridized carbons (Fsp3) is 0.107. The number of thiazole rings is 1. The van der Waals surface area contributed by atoms with Crippen molar-refractivity contribution >= 4 is 28.1 Å². The summed E-state index contributed by atoms with van der Waals surface area (Å²) < 4.78 is 20.4. The topological polar surface area (TPSA) is 60.3 Å². The van der Waals surface area contributed by atoms with Crippen LogP contribution >= 0.6 is 11.3 Å². The Morgan fingerprint density at radius 2 is 1.64 bits per heavy atom. The number of aromatic nitrogens is 3. The van der Waals surface area contributed by atoms with Crippen molar-refractivity contribution in [3.63, 3.8) is 0 Å². The number of hydrogen-bond donors (Lipinski definition) is 0. The van der Waals surface area contributed by atoms with Crippen LogP contribution in [0.15, 0.2) is 91.1 Å². The van der Waals surface area contributed by atoms with Gasteiger partial charge in [0.05, 0.1) is 22.9 Å². The van der Waals surface area contributed by atoms with Gasteiger partial charge in [-0.25, -0.2) is 18.9 Å². The molecule has 0 spiro atoms. The maximum absolute atomic E-state index is 13.5. The van der Waals surface area contributed by atoms with Crippen molar-refractivity contribution in [2.24, 2.45) is 0 Å². The Labute approximate surface area is 212 Å². The molecule has 0 N–H and O–H groups in total. The summed E-state index contributed by atoms with van der Waals surface area (Å²) >= 11 is 1.44. The van der Waals surface area contributed by atoms with E-state index in [0.717, 1.165) is 21.3 Å². The van der Waals surface area contributed by atoms with Crippen molar-refractivity contribution in [1.29, 1.82) is 0 Å². The fourth-order valence-corrected chi connectivity index (χ4v) is 4.86. The van der Waals surface area contributed by atoms with Crippen LogP contribution in [-0.4, -0.2) is 34.4 Å². The first-order valence-electron chi connectivity index (χ1n) is 11.4. The van der Waals surface area contributed by atoms with Crippen LogP contribution in [-0.2, 0) is 4.74 Å². The van der Waals surface area contributed by atoms with Gasteiger partial charge < -0.3 is 9.64 Å². The number of rotatable bonds is 7. The van der Waals surface area contributed by atoms with Gasteiger partial charge in [0.1, 0.15) is 17.1 Å². The summed E-state index contributed by atoms with van der Waals surface area (Å²) in [6, 6.07) is 25.7. The average Bonchev–Trinajstić information content (AvgIpc) is 3.55. The molecule has 3 aromatic carbocycles. The van der Waals surface area contributed by atoms with E-state index in [1.165, 1.54) is 23.5 Å². The van der Waals surface area contributed by atoms with Crippen LogP contribution in [0.3, 0.4) is 0 Å². The molecular formula is C28H23FN4O2S. The molecule has 0 radical (unpaired) electrons. The van der Waals surface area contributed by atoms with Crippen LogP contribution in [0.5, 0.6) is 0 Å². The van der Waals surface area contributed by atoms with Crippen LogP contribution < -0.4 is 4.90 Å². The van der Waals surface area contributed by atoms with E-state index in [4.69, 9.17) is 14.8 Å². The standard InChI is InChI=1S/C28H23FN4O2S/c1-3-35-27(34)23-18-33(22-16-14-20(29)15-17-22)31-25(23)26-24(19-10-6-4-7-11-19)30-28(36-26)32(2)21-12-8-5-9-13-21/h4-18H,3H2,1-2H3. The number of halogens is 1. The first-order valence-corrected chi connectivity index (χ1v) is 12.2. The van der Waals surface area contributed by atoms with Crippen LogP contribution in [0.2, 0.25) is 0 Å². The summed E-state index contributed by atoms with van der Waals surface area (Å²) in [7, 11) is 1.95. The lowest BCUT2D eigenvalue weighted by Crippen LogP contribution is -2.08. The zero-order chi connectivity index (χ0) is 25.1. The fourth-order valence-electron chi connectivity index (χ4n) is 3.79. The lowest BCUT2D eigenvalue weighted by molar-refractivity contribution is 0.0527. The number of ether oxygens (including phenoxy) is 1. The largest absolute Gasteiger partial charge is 0.462 e. The number of para-hydroxylation sites is 1. The molecule has 5 rings (SSSR count). The minimum atomic E-state index is -0.480. The third kappa shape index (κ3) is 4.63. The average molecular weight is 499 g/mol. The van der Waals surface area contributed by atoms with Gasteiger partial charge in [-0.3, -0.25) is 0 Å². The first kappa shape index (κ1) is 23.4. The summed E-state index contributed by atoms with van der Waals surface area (Å²) in [5.41, 5.74) is 4.01. The molecule has 2 aromatic heterocycles. The third-order valence-corrected chi connectivity index (χ3v) is 6.75. The summed E-state index contributed by atoms with van der Waals surface area (Å²) in [5.74, 6) is -0.828. The lowest BCUT2D eigenvalue weighted by Gasteiger charge is -2.15. The summed E-state index contributed by atoms with van der Waals surface area (Å²) in [6.45, 7) is 1.99. The van der Waals surface area contributed by atoms with E-state index >= 15 is 0 Å². The van der Waals surface area contributed by atoms with E-state index in [0.29, 0.717) is 22.6 Å². The third-order valence-electron chi connectivity index (χ3n) is 5.61. The van der Waals surface area contributed by atoms with Crippen LogP contribution in [0.1, 0.15) is 17.3 Å². The first-order chi connectivity index (χ1) is 17.5. The number of carbonyl (C=O) groups is 1. The summed E-state index contributed by atoms with van der Waals surface area (Å²) in [6.07, 6.45) is 1.62. The smallest absolute Gasteiger partial charge is 0.342 e. The number of hydrogen-bond acceptors (Lipinski definition) is 6. The van der Waals surface area contributed by atoms with Crippen LogP contribution in [0, 0.1) is 5.82 Å². The minimum Gasteiger partial charge on any atom is -0.462 e.